The van der Waals surface area contributed by atoms with E-state index in [-0.39, 0.29) is 31.3 Å². The van der Waals surface area contributed by atoms with E-state index in [4.69, 9.17) is 5.73 Å². The second-order valence-electron chi connectivity index (χ2n) is 3.56. The molecule has 0 aliphatic heterocycles. The molecule has 7 heteroatoms. The van der Waals surface area contributed by atoms with E-state index in [1.807, 2.05) is 0 Å². The number of carbonyl (C=O) groups excluding carboxylic acids is 1. The van der Waals surface area contributed by atoms with E-state index in [1.54, 1.807) is 24.3 Å². The molecule has 3 nitrogen and oxygen atoms in total. The van der Waals surface area contributed by atoms with Crippen molar-refractivity contribution in [2.75, 3.05) is 11.9 Å². The van der Waals surface area contributed by atoms with Crippen LogP contribution >= 0.6 is 12.4 Å². The minimum Gasteiger partial charge on any atom is -0.325 e. The van der Waals surface area contributed by atoms with Crippen molar-refractivity contribution in [3.8, 4) is 0 Å². The molecule has 1 rings (SSSR count). The van der Waals surface area contributed by atoms with Crippen LogP contribution in [0.3, 0.4) is 0 Å². The molecule has 0 aliphatic rings. The van der Waals surface area contributed by atoms with Gasteiger partial charge < -0.3 is 11.1 Å². The minimum absolute atomic E-state index is 0. The summed E-state index contributed by atoms with van der Waals surface area (Å²) >= 11 is 0. The number of nitrogens with one attached hydrogen (secondary N) is 1. The van der Waals surface area contributed by atoms with Crippen LogP contribution in [0.25, 0.3) is 0 Å². The van der Waals surface area contributed by atoms with E-state index in [2.05, 4.69) is 5.32 Å². The van der Waals surface area contributed by atoms with Crippen molar-refractivity contribution in [3.05, 3.63) is 29.8 Å². The molecule has 3 N–H and O–H groups in total. The number of rotatable bonds is 4. The number of hydrogen-bond donors (Lipinski definition) is 2. The van der Waals surface area contributed by atoms with Gasteiger partial charge in [0.1, 0.15) is 0 Å². The van der Waals surface area contributed by atoms with Crippen molar-refractivity contribution in [3.63, 3.8) is 0 Å². The van der Waals surface area contributed by atoms with E-state index < -0.39 is 12.6 Å². The fourth-order valence-corrected chi connectivity index (χ4v) is 1.25. The monoisotopic (exact) mass is 282 g/mol. The molecule has 0 atom stereocenters. The molecule has 1 aromatic carbocycles. The number of alkyl halides is 3. The molecule has 1 aromatic rings. The summed E-state index contributed by atoms with van der Waals surface area (Å²) in [6, 6.07) is 6.22. The van der Waals surface area contributed by atoms with E-state index in [1.165, 1.54) is 0 Å². The van der Waals surface area contributed by atoms with Gasteiger partial charge in [0.25, 0.3) is 0 Å². The maximum atomic E-state index is 12.0. The predicted molar refractivity (Wildman–Crippen MR) is 65.8 cm³/mol. The van der Waals surface area contributed by atoms with Crippen molar-refractivity contribution >= 4 is 24.0 Å². The van der Waals surface area contributed by atoms with Crippen LogP contribution in [0.1, 0.15) is 12.0 Å². The van der Waals surface area contributed by atoms with Gasteiger partial charge in [-0.15, -0.1) is 12.4 Å². The number of nitrogens with two attached hydrogens (primary N) is 1. The van der Waals surface area contributed by atoms with Crippen LogP contribution in [0.15, 0.2) is 24.3 Å². The zero-order chi connectivity index (χ0) is 12.9. The molecule has 0 aliphatic carbocycles. The molecular weight excluding hydrogens is 269 g/mol. The average molecular weight is 283 g/mol. The Balaban J connectivity index is 0.00000289. The third-order valence-electron chi connectivity index (χ3n) is 2.12. The smallest absolute Gasteiger partial charge is 0.325 e. The molecule has 0 saturated heterocycles. The third kappa shape index (κ3) is 6.46. The summed E-state index contributed by atoms with van der Waals surface area (Å²) in [4.78, 5) is 10.9. The Labute approximate surface area is 109 Å². The normalized spacial score (nSPS) is 10.7. The van der Waals surface area contributed by atoms with Gasteiger partial charge in [-0.05, 0) is 24.1 Å². The van der Waals surface area contributed by atoms with E-state index in [0.29, 0.717) is 11.3 Å². The molecule has 102 valence electrons. The van der Waals surface area contributed by atoms with Crippen LogP contribution in [0.2, 0.25) is 0 Å². The summed E-state index contributed by atoms with van der Waals surface area (Å²) in [6.07, 6.45) is -5.05. The van der Waals surface area contributed by atoms with Crippen molar-refractivity contribution in [2.45, 2.75) is 19.0 Å². The van der Waals surface area contributed by atoms with Crippen molar-refractivity contribution in [1.29, 1.82) is 0 Å². The number of hydrogen-bond acceptors (Lipinski definition) is 2. The Hall–Kier alpha value is -1.27. The van der Waals surface area contributed by atoms with Crippen LogP contribution < -0.4 is 11.1 Å². The summed E-state index contributed by atoms with van der Waals surface area (Å²) in [5, 5.41) is 2.50. The van der Waals surface area contributed by atoms with Crippen LogP contribution in [-0.4, -0.2) is 18.6 Å². The highest BCUT2D eigenvalue weighted by Crippen LogP contribution is 2.22. The first kappa shape index (κ1) is 16.7. The highest BCUT2D eigenvalue weighted by Gasteiger charge is 2.26. The number of anilines is 1. The van der Waals surface area contributed by atoms with E-state index in [0.717, 1.165) is 0 Å². The first-order valence-electron chi connectivity index (χ1n) is 5.06. The molecule has 0 unspecified atom stereocenters. The second kappa shape index (κ2) is 7.23. The van der Waals surface area contributed by atoms with Crippen molar-refractivity contribution in [2.24, 2.45) is 5.73 Å². The van der Waals surface area contributed by atoms with E-state index >= 15 is 0 Å². The van der Waals surface area contributed by atoms with Gasteiger partial charge in [-0.3, -0.25) is 4.79 Å². The van der Waals surface area contributed by atoms with Gasteiger partial charge in [0.15, 0.2) is 0 Å². The highest BCUT2D eigenvalue weighted by molar-refractivity contribution is 5.92. The molecular formula is C11H14ClF3N2O. The second-order valence-corrected chi connectivity index (χ2v) is 3.56. The number of carbonyl (C=O) groups is 1. The van der Waals surface area contributed by atoms with Crippen molar-refractivity contribution in [1.82, 2.24) is 0 Å². The fraction of sp³-hybridized carbons (Fsp3) is 0.364. The molecule has 0 aromatic heterocycles. The first-order valence-corrected chi connectivity index (χ1v) is 5.06. The summed E-state index contributed by atoms with van der Waals surface area (Å²) in [7, 11) is 0. The van der Waals surface area contributed by atoms with Crippen LogP contribution in [-0.2, 0) is 11.2 Å². The van der Waals surface area contributed by atoms with Gasteiger partial charge in [-0.2, -0.15) is 13.2 Å². The number of aryl methyl sites for hydroxylation is 1. The molecule has 0 radical (unpaired) electrons. The van der Waals surface area contributed by atoms with Crippen LogP contribution in [0.5, 0.6) is 0 Å². The lowest BCUT2D eigenvalue weighted by molar-refractivity contribution is -0.134. The quantitative estimate of drug-likeness (QED) is 0.891. The summed E-state index contributed by atoms with van der Waals surface area (Å²) in [5.41, 5.74) is 6.21. The minimum atomic E-state index is -4.15. The summed E-state index contributed by atoms with van der Waals surface area (Å²) in [6.45, 7) is -0.129. The van der Waals surface area contributed by atoms with Gasteiger partial charge >= 0.3 is 6.18 Å². The fourth-order valence-electron chi connectivity index (χ4n) is 1.25. The Kier molecular flexibility index (Phi) is 6.72. The molecule has 0 saturated carbocycles. The zero-order valence-electron chi connectivity index (χ0n) is 9.46. The van der Waals surface area contributed by atoms with Gasteiger partial charge in [-0.25, -0.2) is 0 Å². The number of benzene rings is 1. The van der Waals surface area contributed by atoms with Gasteiger partial charge in [0.05, 0.1) is 6.54 Å². The van der Waals surface area contributed by atoms with Crippen molar-refractivity contribution < 1.29 is 18.0 Å². The predicted octanol–water partition coefficient (Wildman–Crippen LogP) is 2.50. The van der Waals surface area contributed by atoms with E-state index in [9.17, 15) is 18.0 Å². The molecule has 1 amide bonds. The molecule has 0 heterocycles. The highest BCUT2D eigenvalue weighted by atomic mass is 35.5. The zero-order valence-corrected chi connectivity index (χ0v) is 10.3. The topological polar surface area (TPSA) is 55.1 Å². The lowest BCUT2D eigenvalue weighted by Gasteiger charge is -2.07. The maximum Gasteiger partial charge on any atom is 0.389 e. The average Bonchev–Trinajstić information content (AvgIpc) is 2.27. The van der Waals surface area contributed by atoms with Gasteiger partial charge in [-0.1, -0.05) is 12.1 Å². The largest absolute Gasteiger partial charge is 0.389 e. The standard InChI is InChI=1S/C11H13F3N2O.ClH/c12-11(13,14)6-5-8-1-3-9(4-2-8)16-10(17)7-15;/h1-4H,5-7,15H2,(H,16,17);1H. The Morgan fingerprint density at radius 1 is 1.22 bits per heavy atom. The first-order chi connectivity index (χ1) is 7.90. The Morgan fingerprint density at radius 3 is 2.22 bits per heavy atom. The number of halogens is 4. The molecule has 0 bridgehead atoms. The van der Waals surface area contributed by atoms with Gasteiger partial charge in [0, 0.05) is 12.1 Å². The van der Waals surface area contributed by atoms with Gasteiger partial charge in [0.2, 0.25) is 5.91 Å². The van der Waals surface area contributed by atoms with Crippen LogP contribution in [0, 0.1) is 0 Å². The number of amides is 1. The lowest BCUT2D eigenvalue weighted by atomic mass is 10.1. The lowest BCUT2D eigenvalue weighted by Crippen LogP contribution is -2.21. The molecule has 0 fully saturated rings. The summed E-state index contributed by atoms with van der Waals surface area (Å²) < 4.78 is 35.9. The molecule has 0 spiro atoms. The van der Waals surface area contributed by atoms with Crippen LogP contribution in [0.4, 0.5) is 18.9 Å². The summed E-state index contributed by atoms with van der Waals surface area (Å²) in [5.74, 6) is -0.340. The molecule has 18 heavy (non-hydrogen) atoms. The Morgan fingerprint density at radius 2 is 1.78 bits per heavy atom. The maximum absolute atomic E-state index is 12.0. The Bertz CT molecular complexity index is 379. The SMILES string of the molecule is Cl.NCC(=O)Nc1ccc(CCC(F)(F)F)cc1. The third-order valence-corrected chi connectivity index (χ3v) is 2.12.